The zero-order valence-corrected chi connectivity index (χ0v) is 19.0. The fourth-order valence-corrected chi connectivity index (χ4v) is 4.99. The summed E-state index contributed by atoms with van der Waals surface area (Å²) >= 11 is 1.35. The van der Waals surface area contributed by atoms with Gasteiger partial charge in [-0.05, 0) is 62.9 Å². The number of anilines is 1. The Morgan fingerprint density at radius 3 is 2.61 bits per heavy atom. The number of carbonyl (C=O) groups excluding carboxylic acids is 3. The number of nitrogens with two attached hydrogens (primary N) is 1. The number of nitrogens with zero attached hydrogens (tertiary/aromatic N) is 1. The molecule has 2 heterocycles. The number of fused-ring (bicyclic) bond motifs is 1. The number of rotatable bonds is 8. The predicted octanol–water partition coefficient (Wildman–Crippen LogP) is 3.32. The van der Waals surface area contributed by atoms with Gasteiger partial charge in [-0.1, -0.05) is 5.16 Å². The summed E-state index contributed by atoms with van der Waals surface area (Å²) in [7, 11) is 0. The predicted molar refractivity (Wildman–Crippen MR) is 121 cm³/mol. The molecule has 0 fully saturated rings. The van der Waals surface area contributed by atoms with Crippen molar-refractivity contribution in [3.05, 3.63) is 62.9 Å². The van der Waals surface area contributed by atoms with Gasteiger partial charge < -0.3 is 25.0 Å². The Kier molecular flexibility index (Phi) is 6.45. The summed E-state index contributed by atoms with van der Waals surface area (Å²) in [6.07, 6.45) is 2.60. The highest BCUT2D eigenvalue weighted by atomic mass is 32.1. The van der Waals surface area contributed by atoms with Gasteiger partial charge in [0.25, 0.3) is 11.8 Å². The average Bonchev–Trinajstić information content (AvgIpc) is 3.45. The van der Waals surface area contributed by atoms with Gasteiger partial charge in [-0.25, -0.2) is 4.79 Å². The molecule has 33 heavy (non-hydrogen) atoms. The van der Waals surface area contributed by atoms with Crippen LogP contribution in [-0.4, -0.2) is 29.5 Å². The number of primary amides is 1. The van der Waals surface area contributed by atoms with Gasteiger partial charge >= 0.3 is 5.97 Å². The Balaban J connectivity index is 1.30. The van der Waals surface area contributed by atoms with Crippen LogP contribution in [0.25, 0.3) is 0 Å². The third kappa shape index (κ3) is 4.90. The second-order valence-electron chi connectivity index (χ2n) is 7.67. The maximum absolute atomic E-state index is 12.3. The van der Waals surface area contributed by atoms with Crippen LogP contribution in [0.15, 0.2) is 28.8 Å². The number of thiophene rings is 1. The summed E-state index contributed by atoms with van der Waals surface area (Å²) in [5.74, 6) is -0.495. The minimum atomic E-state index is -0.647. The van der Waals surface area contributed by atoms with E-state index in [4.69, 9.17) is 19.7 Å². The lowest BCUT2D eigenvalue weighted by molar-refractivity contribution is -0.119. The monoisotopic (exact) mass is 469 g/mol. The summed E-state index contributed by atoms with van der Waals surface area (Å²) < 4.78 is 15.9. The van der Waals surface area contributed by atoms with Crippen LogP contribution >= 0.6 is 11.3 Å². The quantitative estimate of drug-likeness (QED) is 0.483. The van der Waals surface area contributed by atoms with E-state index in [2.05, 4.69) is 10.5 Å². The number of amides is 2. The highest BCUT2D eigenvalue weighted by Crippen LogP contribution is 2.38. The number of aryl methyl sites for hydroxylation is 3. The van der Waals surface area contributed by atoms with Crippen LogP contribution in [0.4, 0.5) is 5.00 Å². The Morgan fingerprint density at radius 2 is 1.94 bits per heavy atom. The van der Waals surface area contributed by atoms with E-state index < -0.39 is 24.4 Å². The largest absolute Gasteiger partial charge is 0.489 e. The van der Waals surface area contributed by atoms with Crippen molar-refractivity contribution in [1.82, 2.24) is 5.16 Å². The Hall–Kier alpha value is -3.66. The van der Waals surface area contributed by atoms with Crippen molar-refractivity contribution < 1.29 is 28.4 Å². The van der Waals surface area contributed by atoms with E-state index >= 15 is 0 Å². The maximum Gasteiger partial charge on any atom is 0.338 e. The molecule has 172 valence electrons. The van der Waals surface area contributed by atoms with Gasteiger partial charge in [-0.3, -0.25) is 9.59 Å². The van der Waals surface area contributed by atoms with Gasteiger partial charge in [-0.2, -0.15) is 0 Å². The van der Waals surface area contributed by atoms with Crippen LogP contribution in [0, 0.1) is 13.8 Å². The van der Waals surface area contributed by atoms with Gasteiger partial charge in [0, 0.05) is 4.88 Å². The average molecular weight is 470 g/mol. The number of hydrogen-bond acceptors (Lipinski definition) is 8. The number of nitrogens with one attached hydrogen (secondary N) is 1. The van der Waals surface area contributed by atoms with E-state index in [1.165, 1.54) is 11.3 Å². The first-order valence-corrected chi connectivity index (χ1v) is 11.2. The molecule has 0 saturated carbocycles. The summed E-state index contributed by atoms with van der Waals surface area (Å²) in [6.45, 7) is 3.47. The molecule has 4 rings (SSSR count). The maximum atomic E-state index is 12.3. The van der Waals surface area contributed by atoms with Gasteiger partial charge in [0.05, 0.1) is 22.4 Å². The summed E-state index contributed by atoms with van der Waals surface area (Å²) in [5.41, 5.74) is 8.69. The van der Waals surface area contributed by atoms with Gasteiger partial charge in [0.2, 0.25) is 0 Å². The topological polar surface area (TPSA) is 134 Å². The van der Waals surface area contributed by atoms with Crippen molar-refractivity contribution in [1.29, 1.82) is 0 Å². The van der Waals surface area contributed by atoms with Crippen molar-refractivity contribution in [2.75, 3.05) is 11.9 Å². The first-order valence-electron chi connectivity index (χ1n) is 10.4. The van der Waals surface area contributed by atoms with Crippen LogP contribution < -0.4 is 15.8 Å². The summed E-state index contributed by atoms with van der Waals surface area (Å²) in [5, 5.41) is 6.94. The van der Waals surface area contributed by atoms with E-state index in [1.54, 1.807) is 24.3 Å². The normalized spacial score (nSPS) is 12.3. The smallest absolute Gasteiger partial charge is 0.338 e. The molecule has 0 radical (unpaired) electrons. The second-order valence-corrected chi connectivity index (χ2v) is 8.77. The summed E-state index contributed by atoms with van der Waals surface area (Å²) in [4.78, 5) is 37.5. The molecule has 0 aliphatic heterocycles. The third-order valence-corrected chi connectivity index (χ3v) is 6.62. The Labute approximate surface area is 193 Å². The van der Waals surface area contributed by atoms with Crippen molar-refractivity contribution in [2.45, 2.75) is 39.7 Å². The fraction of sp³-hybridized carbons (Fsp3) is 0.304. The molecular weight excluding hydrogens is 446 g/mol. The zero-order chi connectivity index (χ0) is 23.5. The molecular formula is C23H23N3O6S. The Bertz CT molecular complexity index is 1190. The molecule has 2 aromatic heterocycles. The van der Waals surface area contributed by atoms with Gasteiger partial charge in [0.15, 0.2) is 6.61 Å². The van der Waals surface area contributed by atoms with E-state index in [9.17, 15) is 14.4 Å². The van der Waals surface area contributed by atoms with E-state index in [1.807, 2.05) is 13.8 Å². The van der Waals surface area contributed by atoms with Crippen LogP contribution in [-0.2, 0) is 29.0 Å². The molecule has 1 aliphatic carbocycles. The second kappa shape index (κ2) is 9.45. The number of ether oxygens (including phenoxy) is 2. The van der Waals surface area contributed by atoms with E-state index in [0.717, 1.165) is 41.0 Å². The van der Waals surface area contributed by atoms with Crippen LogP contribution in [0.1, 0.15) is 54.6 Å². The molecule has 1 aromatic carbocycles. The molecule has 0 saturated heterocycles. The van der Waals surface area contributed by atoms with Crippen LogP contribution in [0.5, 0.6) is 5.75 Å². The first kappa shape index (κ1) is 22.5. The SMILES string of the molecule is Cc1noc(C)c1COc1ccc(C(=O)OCC(=O)Nc2sc3c(c2C(N)=O)CCC3)cc1. The lowest BCUT2D eigenvalue weighted by Crippen LogP contribution is -2.22. The fourth-order valence-electron chi connectivity index (χ4n) is 3.68. The van der Waals surface area contributed by atoms with Gasteiger partial charge in [0.1, 0.15) is 23.1 Å². The third-order valence-electron chi connectivity index (χ3n) is 5.41. The number of aromatic nitrogens is 1. The molecule has 10 heteroatoms. The highest BCUT2D eigenvalue weighted by Gasteiger charge is 2.26. The van der Waals surface area contributed by atoms with Crippen LogP contribution in [0.2, 0.25) is 0 Å². The van der Waals surface area contributed by atoms with Crippen molar-refractivity contribution in [3.8, 4) is 5.75 Å². The molecule has 2 amide bonds. The number of esters is 1. The standard InChI is InChI=1S/C23H23N3O6S/c1-12-17(13(2)32-26-12)10-30-15-8-6-14(7-9-15)23(29)31-11-19(27)25-22-20(21(24)28)16-4-3-5-18(16)33-22/h6-9H,3-5,10-11H2,1-2H3,(H2,24,28)(H,25,27). The number of hydrogen-bond donors (Lipinski definition) is 2. The minimum Gasteiger partial charge on any atom is -0.489 e. The lowest BCUT2D eigenvalue weighted by atomic mass is 10.1. The molecule has 0 atom stereocenters. The molecule has 3 aromatic rings. The van der Waals surface area contributed by atoms with Crippen LogP contribution in [0.3, 0.4) is 0 Å². The zero-order valence-electron chi connectivity index (χ0n) is 18.2. The van der Waals surface area contributed by atoms with E-state index in [0.29, 0.717) is 28.7 Å². The van der Waals surface area contributed by atoms with Crippen molar-refractivity contribution in [2.24, 2.45) is 5.73 Å². The first-order chi connectivity index (χ1) is 15.8. The minimum absolute atomic E-state index is 0.278. The highest BCUT2D eigenvalue weighted by molar-refractivity contribution is 7.17. The molecule has 3 N–H and O–H groups in total. The molecule has 0 spiro atoms. The van der Waals surface area contributed by atoms with Gasteiger partial charge in [-0.15, -0.1) is 11.3 Å². The number of benzene rings is 1. The lowest BCUT2D eigenvalue weighted by Gasteiger charge is -2.08. The van der Waals surface area contributed by atoms with Crippen molar-refractivity contribution in [3.63, 3.8) is 0 Å². The Morgan fingerprint density at radius 1 is 1.18 bits per heavy atom. The molecule has 0 bridgehead atoms. The summed E-state index contributed by atoms with van der Waals surface area (Å²) in [6, 6.07) is 6.39. The van der Waals surface area contributed by atoms with Crippen molar-refractivity contribution >= 4 is 34.1 Å². The molecule has 1 aliphatic rings. The number of carbonyl (C=O) groups is 3. The molecule has 9 nitrogen and oxygen atoms in total. The molecule has 0 unspecified atom stereocenters. The van der Waals surface area contributed by atoms with E-state index in [-0.39, 0.29) is 5.56 Å².